The largest absolute Gasteiger partial charge is 0.459 e. The molecule has 1 amide bonds. The molecular weight excluding hydrogens is 372 g/mol. The second-order valence-corrected chi connectivity index (χ2v) is 7.31. The number of carbonyl (C=O) groups is 3. The molecule has 0 aliphatic carbocycles. The Morgan fingerprint density at radius 2 is 1.62 bits per heavy atom. The van der Waals surface area contributed by atoms with Crippen LogP contribution in [-0.4, -0.2) is 47.0 Å². The van der Waals surface area contributed by atoms with Crippen LogP contribution in [0.15, 0.2) is 30.3 Å². The summed E-state index contributed by atoms with van der Waals surface area (Å²) in [5, 5.41) is 0. The number of esters is 2. The van der Waals surface area contributed by atoms with Gasteiger partial charge in [-0.15, -0.1) is 0 Å². The summed E-state index contributed by atoms with van der Waals surface area (Å²) in [4.78, 5) is 41.8. The van der Waals surface area contributed by atoms with E-state index in [0.29, 0.717) is 23.4 Å². The van der Waals surface area contributed by atoms with Crippen molar-refractivity contribution in [2.75, 3.05) is 7.05 Å². The van der Waals surface area contributed by atoms with Gasteiger partial charge in [0.25, 0.3) is 5.91 Å². The maximum absolute atomic E-state index is 12.6. The minimum atomic E-state index is -0.967. The summed E-state index contributed by atoms with van der Waals surface area (Å²) in [6, 6.07) is 9.54. The van der Waals surface area contributed by atoms with Crippen molar-refractivity contribution in [1.82, 2.24) is 9.88 Å². The summed E-state index contributed by atoms with van der Waals surface area (Å²) >= 11 is 0. The molecule has 7 nitrogen and oxygen atoms in total. The van der Waals surface area contributed by atoms with Crippen molar-refractivity contribution in [3.63, 3.8) is 0 Å². The van der Waals surface area contributed by atoms with E-state index >= 15 is 0 Å². The van der Waals surface area contributed by atoms with Gasteiger partial charge in [0, 0.05) is 19.3 Å². The SMILES string of the molecule is Cc1[nH]c(C(=O)O[C@H](C)C(=O)N(C)Cc2ccccc2)c(C)c1C(=O)OC(C)C. The van der Waals surface area contributed by atoms with Gasteiger partial charge < -0.3 is 19.4 Å². The van der Waals surface area contributed by atoms with Crippen molar-refractivity contribution in [1.29, 1.82) is 0 Å². The van der Waals surface area contributed by atoms with Crippen LogP contribution in [0.5, 0.6) is 0 Å². The molecule has 0 aliphatic rings. The predicted octanol–water partition coefficient (Wildman–Crippen LogP) is 3.40. The number of aryl methyl sites for hydroxylation is 1. The van der Waals surface area contributed by atoms with E-state index in [1.165, 1.54) is 11.8 Å². The third-order valence-electron chi connectivity index (χ3n) is 4.46. The lowest BCUT2D eigenvalue weighted by atomic mass is 10.1. The molecule has 0 unspecified atom stereocenters. The van der Waals surface area contributed by atoms with Gasteiger partial charge in [0.1, 0.15) is 5.69 Å². The summed E-state index contributed by atoms with van der Waals surface area (Å²) < 4.78 is 10.6. The van der Waals surface area contributed by atoms with E-state index in [0.717, 1.165) is 5.56 Å². The molecule has 0 aliphatic heterocycles. The van der Waals surface area contributed by atoms with Crippen molar-refractivity contribution in [3.05, 3.63) is 58.4 Å². The minimum Gasteiger partial charge on any atom is -0.459 e. The third kappa shape index (κ3) is 5.47. The lowest BCUT2D eigenvalue weighted by Crippen LogP contribution is -2.37. The van der Waals surface area contributed by atoms with Crippen LogP contribution in [0.1, 0.15) is 58.4 Å². The highest BCUT2D eigenvalue weighted by molar-refractivity contribution is 5.99. The van der Waals surface area contributed by atoms with Crippen molar-refractivity contribution in [2.45, 2.75) is 53.4 Å². The first-order valence-electron chi connectivity index (χ1n) is 9.51. The lowest BCUT2D eigenvalue weighted by molar-refractivity contribution is -0.139. The van der Waals surface area contributed by atoms with Gasteiger partial charge in [0.2, 0.25) is 0 Å². The standard InChI is InChI=1S/C22H28N2O5/c1-13(2)28-21(26)18-14(3)19(23-15(18)4)22(27)29-16(5)20(25)24(6)12-17-10-8-7-9-11-17/h7-11,13,16,23H,12H2,1-6H3/t16-/m1/s1. The van der Waals surface area contributed by atoms with Crippen molar-refractivity contribution in [3.8, 4) is 0 Å². The molecule has 0 spiro atoms. The average molecular weight is 400 g/mol. The van der Waals surface area contributed by atoms with Gasteiger partial charge in [-0.1, -0.05) is 30.3 Å². The highest BCUT2D eigenvalue weighted by Crippen LogP contribution is 2.21. The van der Waals surface area contributed by atoms with Crippen LogP contribution in [0.25, 0.3) is 0 Å². The van der Waals surface area contributed by atoms with Gasteiger partial charge in [-0.3, -0.25) is 4.79 Å². The predicted molar refractivity (Wildman–Crippen MR) is 109 cm³/mol. The summed E-state index contributed by atoms with van der Waals surface area (Å²) in [6.45, 7) is 8.77. The Hall–Kier alpha value is -3.09. The number of carbonyl (C=O) groups excluding carboxylic acids is 3. The number of benzene rings is 1. The highest BCUT2D eigenvalue weighted by atomic mass is 16.6. The van der Waals surface area contributed by atoms with E-state index in [1.807, 2.05) is 30.3 Å². The monoisotopic (exact) mass is 400 g/mol. The van der Waals surface area contributed by atoms with E-state index in [1.54, 1.807) is 34.7 Å². The first-order chi connectivity index (χ1) is 13.6. The molecule has 0 radical (unpaired) electrons. The Kier molecular flexibility index (Phi) is 7.20. The van der Waals surface area contributed by atoms with Crippen molar-refractivity contribution < 1.29 is 23.9 Å². The van der Waals surface area contributed by atoms with E-state index in [-0.39, 0.29) is 17.7 Å². The Morgan fingerprint density at radius 1 is 1.00 bits per heavy atom. The van der Waals surface area contributed by atoms with E-state index < -0.39 is 18.0 Å². The maximum atomic E-state index is 12.6. The maximum Gasteiger partial charge on any atom is 0.355 e. The number of amides is 1. The van der Waals surface area contributed by atoms with Gasteiger partial charge in [0.05, 0.1) is 11.7 Å². The second-order valence-electron chi connectivity index (χ2n) is 7.31. The molecule has 1 N–H and O–H groups in total. The van der Waals surface area contributed by atoms with E-state index in [2.05, 4.69) is 4.98 Å². The molecule has 1 atom stereocenters. The van der Waals surface area contributed by atoms with Crippen LogP contribution < -0.4 is 0 Å². The molecule has 2 aromatic rings. The second kappa shape index (κ2) is 9.41. The minimum absolute atomic E-state index is 0.142. The van der Waals surface area contributed by atoms with Gasteiger partial charge in [0.15, 0.2) is 6.10 Å². The van der Waals surface area contributed by atoms with Gasteiger partial charge >= 0.3 is 11.9 Å². The van der Waals surface area contributed by atoms with Crippen molar-refractivity contribution in [2.24, 2.45) is 0 Å². The molecule has 29 heavy (non-hydrogen) atoms. The first-order valence-corrected chi connectivity index (χ1v) is 9.51. The Bertz CT molecular complexity index is 886. The molecule has 1 heterocycles. The molecule has 0 bridgehead atoms. The highest BCUT2D eigenvalue weighted by Gasteiger charge is 2.27. The number of likely N-dealkylation sites (N-methyl/N-ethyl adjacent to an activating group) is 1. The van der Waals surface area contributed by atoms with Crippen molar-refractivity contribution >= 4 is 17.8 Å². The van der Waals surface area contributed by atoms with Crippen LogP contribution in [0.2, 0.25) is 0 Å². The smallest absolute Gasteiger partial charge is 0.355 e. The fraction of sp³-hybridized carbons (Fsp3) is 0.409. The van der Waals surface area contributed by atoms with Gasteiger partial charge in [-0.05, 0) is 45.7 Å². The Labute approximate surface area is 171 Å². The number of aromatic amines is 1. The number of hydrogen-bond donors (Lipinski definition) is 1. The molecule has 156 valence electrons. The number of H-pyrrole nitrogens is 1. The van der Waals surface area contributed by atoms with Crippen LogP contribution in [0.4, 0.5) is 0 Å². The summed E-state index contributed by atoms with van der Waals surface area (Å²) in [7, 11) is 1.66. The molecule has 7 heteroatoms. The van der Waals surface area contributed by atoms with E-state index in [4.69, 9.17) is 9.47 Å². The van der Waals surface area contributed by atoms with Crippen LogP contribution in [-0.2, 0) is 20.8 Å². The number of hydrogen-bond acceptors (Lipinski definition) is 5. The Morgan fingerprint density at radius 3 is 2.21 bits per heavy atom. The number of rotatable bonds is 7. The normalized spacial score (nSPS) is 11.8. The molecule has 2 rings (SSSR count). The van der Waals surface area contributed by atoms with Crippen LogP contribution >= 0.6 is 0 Å². The quantitative estimate of drug-likeness (QED) is 0.720. The van der Waals surface area contributed by atoms with E-state index in [9.17, 15) is 14.4 Å². The fourth-order valence-electron chi connectivity index (χ4n) is 3.05. The molecule has 0 fully saturated rings. The Balaban J connectivity index is 2.07. The fourth-order valence-corrected chi connectivity index (χ4v) is 3.05. The van der Waals surface area contributed by atoms with Crippen LogP contribution in [0.3, 0.4) is 0 Å². The molecule has 1 aromatic heterocycles. The zero-order valence-electron chi connectivity index (χ0n) is 17.7. The zero-order valence-corrected chi connectivity index (χ0v) is 17.7. The average Bonchev–Trinajstić information content (AvgIpc) is 2.95. The third-order valence-corrected chi connectivity index (χ3v) is 4.46. The topological polar surface area (TPSA) is 88.7 Å². The first kappa shape index (κ1) is 22.2. The number of aromatic nitrogens is 1. The van der Waals surface area contributed by atoms with Gasteiger partial charge in [-0.2, -0.15) is 0 Å². The number of nitrogens with one attached hydrogen (secondary N) is 1. The molecule has 0 saturated carbocycles. The number of ether oxygens (including phenoxy) is 2. The van der Waals surface area contributed by atoms with Gasteiger partial charge in [-0.25, -0.2) is 9.59 Å². The zero-order chi connectivity index (χ0) is 21.7. The summed E-state index contributed by atoms with van der Waals surface area (Å²) in [5.41, 5.74) is 2.39. The summed E-state index contributed by atoms with van der Waals surface area (Å²) in [6.07, 6.45) is -1.24. The van der Waals surface area contributed by atoms with Crippen LogP contribution in [0, 0.1) is 13.8 Å². The lowest BCUT2D eigenvalue weighted by Gasteiger charge is -2.21. The number of nitrogens with zero attached hydrogens (tertiary/aromatic N) is 1. The molecular formula is C22H28N2O5. The molecule has 1 aromatic carbocycles. The molecule has 0 saturated heterocycles. The summed E-state index contributed by atoms with van der Waals surface area (Å²) in [5.74, 6) is -1.51.